The van der Waals surface area contributed by atoms with Gasteiger partial charge in [0, 0.05) is 19.3 Å². The van der Waals surface area contributed by atoms with Crippen LogP contribution in [-0.2, 0) is 6.54 Å². The Kier molecular flexibility index (Phi) is 9.82. The van der Waals surface area contributed by atoms with Gasteiger partial charge in [0.05, 0.1) is 6.54 Å². The number of nitrogens with zero attached hydrogens (tertiary/aromatic N) is 2. The average molecular weight is 473 g/mol. The van der Waals surface area contributed by atoms with Gasteiger partial charge in [0.25, 0.3) is 0 Å². The van der Waals surface area contributed by atoms with Gasteiger partial charge in [-0.2, -0.15) is 0 Å². The third-order valence-corrected chi connectivity index (χ3v) is 3.96. The smallest absolute Gasteiger partial charge is 0.191 e. The molecule has 0 spiro atoms. The molecule has 1 heterocycles. The molecule has 1 atom stereocenters. The molecule has 2 rings (SSSR count). The molecule has 0 amide bonds. The largest absolute Gasteiger partial charge is 0.357 e. The number of aromatic nitrogens is 1. The van der Waals surface area contributed by atoms with Gasteiger partial charge in [-0.05, 0) is 37.0 Å². The number of nitrogens with one attached hydrogen (secondary N) is 2. The zero-order valence-corrected chi connectivity index (χ0v) is 18.0. The highest BCUT2D eigenvalue weighted by Gasteiger charge is 2.07. The lowest BCUT2D eigenvalue weighted by atomic mass is 9.99. The molecule has 0 saturated carbocycles. The molecule has 1 aromatic heterocycles. The third kappa shape index (κ3) is 7.61. The zero-order chi connectivity index (χ0) is 17.4. The second-order valence-electron chi connectivity index (χ2n) is 5.88. The van der Waals surface area contributed by atoms with Gasteiger partial charge in [0.1, 0.15) is 5.15 Å². The van der Waals surface area contributed by atoms with E-state index >= 15 is 0 Å². The summed E-state index contributed by atoms with van der Waals surface area (Å²) in [7, 11) is 0. The summed E-state index contributed by atoms with van der Waals surface area (Å²) >= 11 is 5.81. The summed E-state index contributed by atoms with van der Waals surface area (Å²) in [6, 6.07) is 12.4. The highest BCUT2D eigenvalue weighted by Crippen LogP contribution is 2.15. The van der Waals surface area contributed by atoms with Crippen molar-refractivity contribution >= 4 is 41.5 Å². The maximum absolute atomic E-state index is 5.81. The number of rotatable bonds is 6. The molecule has 2 N–H and O–H groups in total. The maximum Gasteiger partial charge on any atom is 0.191 e. The molecule has 136 valence electrons. The Balaban J connectivity index is 0.00000312. The lowest BCUT2D eigenvalue weighted by molar-refractivity contribution is 0.699. The van der Waals surface area contributed by atoms with Crippen molar-refractivity contribution in [3.63, 3.8) is 0 Å². The summed E-state index contributed by atoms with van der Waals surface area (Å²) in [5.41, 5.74) is 3.65. The van der Waals surface area contributed by atoms with Gasteiger partial charge in [-0.1, -0.05) is 54.4 Å². The van der Waals surface area contributed by atoms with E-state index < -0.39 is 0 Å². The van der Waals surface area contributed by atoms with Crippen molar-refractivity contribution in [3.8, 4) is 0 Å². The predicted molar refractivity (Wildman–Crippen MR) is 117 cm³/mol. The third-order valence-electron chi connectivity index (χ3n) is 3.74. The monoisotopic (exact) mass is 472 g/mol. The molecule has 0 fully saturated rings. The number of aryl methyl sites for hydroxylation is 1. The zero-order valence-electron chi connectivity index (χ0n) is 14.9. The van der Waals surface area contributed by atoms with Crippen molar-refractivity contribution in [3.05, 3.63) is 64.4 Å². The first-order chi connectivity index (χ1) is 11.6. The van der Waals surface area contributed by atoms with Crippen LogP contribution in [0.5, 0.6) is 0 Å². The molecule has 2 aromatic rings. The Morgan fingerprint density at radius 1 is 1.24 bits per heavy atom. The summed E-state index contributed by atoms with van der Waals surface area (Å²) in [6.07, 6.45) is 1.75. The summed E-state index contributed by atoms with van der Waals surface area (Å²) < 4.78 is 0. The van der Waals surface area contributed by atoms with Crippen LogP contribution in [0.2, 0.25) is 5.15 Å². The van der Waals surface area contributed by atoms with E-state index in [1.165, 1.54) is 11.1 Å². The van der Waals surface area contributed by atoms with Crippen LogP contribution >= 0.6 is 35.6 Å². The van der Waals surface area contributed by atoms with Gasteiger partial charge in [0.15, 0.2) is 5.96 Å². The number of aliphatic imine (C=N–C) groups is 1. The fourth-order valence-electron chi connectivity index (χ4n) is 2.36. The topological polar surface area (TPSA) is 49.3 Å². The van der Waals surface area contributed by atoms with E-state index in [1.807, 2.05) is 6.07 Å². The van der Waals surface area contributed by atoms with Crippen molar-refractivity contribution in [2.75, 3.05) is 13.1 Å². The average Bonchev–Trinajstić information content (AvgIpc) is 2.58. The molecule has 1 unspecified atom stereocenters. The standard InChI is InChI=1S/C19H25ClN4.HI/c1-4-21-19(24-13-16-8-9-18(20)22-12-16)23-11-15(3)17-7-5-6-14(2)10-17;/h5-10,12,15H,4,11,13H2,1-3H3,(H2,21,23,24);1H. The fourth-order valence-corrected chi connectivity index (χ4v) is 2.47. The highest BCUT2D eigenvalue weighted by molar-refractivity contribution is 14.0. The minimum Gasteiger partial charge on any atom is -0.357 e. The SMILES string of the molecule is CCNC(=NCc1ccc(Cl)nc1)NCC(C)c1cccc(C)c1.I. The van der Waals surface area contributed by atoms with Crippen LogP contribution in [0, 0.1) is 6.92 Å². The van der Waals surface area contributed by atoms with Gasteiger partial charge in [-0.3, -0.25) is 0 Å². The van der Waals surface area contributed by atoms with Crippen molar-refractivity contribution in [2.45, 2.75) is 33.2 Å². The lowest BCUT2D eigenvalue weighted by Gasteiger charge is -2.16. The van der Waals surface area contributed by atoms with E-state index in [-0.39, 0.29) is 24.0 Å². The van der Waals surface area contributed by atoms with E-state index in [1.54, 1.807) is 12.3 Å². The summed E-state index contributed by atoms with van der Waals surface area (Å²) in [6.45, 7) is 8.62. The van der Waals surface area contributed by atoms with E-state index in [4.69, 9.17) is 11.6 Å². The van der Waals surface area contributed by atoms with Crippen molar-refractivity contribution in [1.82, 2.24) is 15.6 Å². The van der Waals surface area contributed by atoms with Crippen molar-refractivity contribution in [1.29, 1.82) is 0 Å². The molecular formula is C19H26ClIN4. The van der Waals surface area contributed by atoms with Crippen LogP contribution in [0.1, 0.15) is 36.5 Å². The Bertz CT molecular complexity index is 673. The summed E-state index contributed by atoms with van der Waals surface area (Å²) in [5.74, 6) is 1.22. The van der Waals surface area contributed by atoms with Crippen LogP contribution in [0.3, 0.4) is 0 Å². The van der Waals surface area contributed by atoms with Gasteiger partial charge < -0.3 is 10.6 Å². The molecule has 6 heteroatoms. The first-order valence-electron chi connectivity index (χ1n) is 8.27. The van der Waals surface area contributed by atoms with Crippen molar-refractivity contribution < 1.29 is 0 Å². The van der Waals surface area contributed by atoms with Crippen LogP contribution in [0.4, 0.5) is 0 Å². The second kappa shape index (κ2) is 11.3. The second-order valence-corrected chi connectivity index (χ2v) is 6.27. The number of guanidine groups is 1. The highest BCUT2D eigenvalue weighted by atomic mass is 127. The maximum atomic E-state index is 5.81. The first kappa shape index (κ1) is 21.7. The molecular weight excluding hydrogens is 447 g/mol. The Labute approximate surface area is 172 Å². The van der Waals surface area contributed by atoms with Crippen LogP contribution < -0.4 is 10.6 Å². The molecule has 0 bridgehead atoms. The van der Waals surface area contributed by atoms with E-state index in [0.29, 0.717) is 17.6 Å². The van der Waals surface area contributed by atoms with Gasteiger partial charge in [-0.25, -0.2) is 9.98 Å². The van der Waals surface area contributed by atoms with Gasteiger partial charge in [0.2, 0.25) is 0 Å². The number of halogens is 2. The number of pyridine rings is 1. The molecule has 1 aromatic carbocycles. The quantitative estimate of drug-likeness (QED) is 0.281. The molecule has 0 aliphatic rings. The van der Waals surface area contributed by atoms with Crippen LogP contribution in [0.15, 0.2) is 47.6 Å². The van der Waals surface area contributed by atoms with Crippen molar-refractivity contribution in [2.24, 2.45) is 4.99 Å². The molecule has 0 saturated heterocycles. The molecule has 25 heavy (non-hydrogen) atoms. The Hall–Kier alpha value is -1.34. The number of benzene rings is 1. The molecule has 0 aliphatic carbocycles. The van der Waals surface area contributed by atoms with E-state index in [0.717, 1.165) is 24.6 Å². The number of hydrogen-bond acceptors (Lipinski definition) is 2. The predicted octanol–water partition coefficient (Wildman–Crippen LogP) is 4.52. The Morgan fingerprint density at radius 3 is 2.68 bits per heavy atom. The first-order valence-corrected chi connectivity index (χ1v) is 8.65. The minimum absolute atomic E-state index is 0. The van der Waals surface area contributed by atoms with Crippen LogP contribution in [0.25, 0.3) is 0 Å². The minimum atomic E-state index is 0. The molecule has 0 aliphatic heterocycles. The molecule has 0 radical (unpaired) electrons. The Morgan fingerprint density at radius 2 is 2.04 bits per heavy atom. The summed E-state index contributed by atoms with van der Waals surface area (Å²) in [4.78, 5) is 8.69. The van der Waals surface area contributed by atoms with Crippen LogP contribution in [-0.4, -0.2) is 24.0 Å². The summed E-state index contributed by atoms with van der Waals surface area (Å²) in [5, 5.41) is 7.19. The normalized spacial score (nSPS) is 12.2. The van der Waals surface area contributed by atoms with E-state index in [2.05, 4.69) is 65.6 Å². The fraction of sp³-hybridized carbons (Fsp3) is 0.368. The number of hydrogen-bond donors (Lipinski definition) is 2. The van der Waals surface area contributed by atoms with Gasteiger partial charge in [-0.15, -0.1) is 24.0 Å². The molecule has 4 nitrogen and oxygen atoms in total. The lowest BCUT2D eigenvalue weighted by Crippen LogP contribution is -2.39. The van der Waals surface area contributed by atoms with Gasteiger partial charge >= 0.3 is 0 Å². The van der Waals surface area contributed by atoms with E-state index in [9.17, 15) is 0 Å².